The van der Waals surface area contributed by atoms with Gasteiger partial charge in [-0.05, 0) is 19.8 Å². The number of hydrogen-bond acceptors (Lipinski definition) is 3. The maximum Gasteiger partial charge on any atom is 0.211 e. The second-order valence-corrected chi connectivity index (χ2v) is 5.82. The van der Waals surface area contributed by atoms with E-state index < -0.39 is 10.0 Å². The molecule has 0 aromatic heterocycles. The smallest absolute Gasteiger partial charge is 0.211 e. The summed E-state index contributed by atoms with van der Waals surface area (Å²) in [7, 11) is -3.22. The van der Waals surface area contributed by atoms with Gasteiger partial charge in [0.2, 0.25) is 10.0 Å². The number of alkyl halides is 1. The van der Waals surface area contributed by atoms with Gasteiger partial charge in [0, 0.05) is 19.0 Å². The first-order valence-electron chi connectivity index (χ1n) is 5.06. The summed E-state index contributed by atoms with van der Waals surface area (Å²) in [5.74, 6) is 0.378. The van der Waals surface area contributed by atoms with Gasteiger partial charge < -0.3 is 4.74 Å². The standard InChI is InChI=1S/C9H20ClNO3S/c1-4-14-9(3)6-11-15(12,13)7-8(2)5-10/h8-9,11H,4-7H2,1-3H3. The fourth-order valence-electron chi connectivity index (χ4n) is 1.07. The summed E-state index contributed by atoms with van der Waals surface area (Å²) in [6, 6.07) is 0. The van der Waals surface area contributed by atoms with Crippen molar-refractivity contribution in [1.82, 2.24) is 4.72 Å². The minimum atomic E-state index is -3.22. The number of sulfonamides is 1. The van der Waals surface area contributed by atoms with Crippen molar-refractivity contribution in [3.63, 3.8) is 0 Å². The lowest BCUT2D eigenvalue weighted by Crippen LogP contribution is -2.35. The van der Waals surface area contributed by atoms with Crippen molar-refractivity contribution in [3.05, 3.63) is 0 Å². The highest BCUT2D eigenvalue weighted by Gasteiger charge is 2.15. The third kappa shape index (κ3) is 8.02. The average molecular weight is 258 g/mol. The van der Waals surface area contributed by atoms with Crippen LogP contribution in [0.1, 0.15) is 20.8 Å². The van der Waals surface area contributed by atoms with Crippen LogP contribution in [0.15, 0.2) is 0 Å². The minimum Gasteiger partial charge on any atom is -0.377 e. The molecule has 0 aromatic carbocycles. The van der Waals surface area contributed by atoms with Gasteiger partial charge in [-0.25, -0.2) is 13.1 Å². The van der Waals surface area contributed by atoms with Crippen molar-refractivity contribution in [1.29, 1.82) is 0 Å². The number of nitrogens with one attached hydrogen (secondary N) is 1. The Morgan fingerprint density at radius 2 is 2.00 bits per heavy atom. The third-order valence-electron chi connectivity index (χ3n) is 1.81. The van der Waals surface area contributed by atoms with Crippen LogP contribution >= 0.6 is 11.6 Å². The molecule has 0 rings (SSSR count). The highest BCUT2D eigenvalue weighted by atomic mass is 35.5. The molecule has 0 aliphatic heterocycles. The molecule has 0 spiro atoms. The Labute approximate surface area is 97.4 Å². The van der Waals surface area contributed by atoms with E-state index in [-0.39, 0.29) is 17.8 Å². The maximum absolute atomic E-state index is 11.5. The van der Waals surface area contributed by atoms with Gasteiger partial charge in [0.1, 0.15) is 0 Å². The molecule has 0 aliphatic carbocycles. The molecule has 2 atom stereocenters. The van der Waals surface area contributed by atoms with E-state index in [0.29, 0.717) is 19.0 Å². The van der Waals surface area contributed by atoms with E-state index in [4.69, 9.17) is 16.3 Å². The van der Waals surface area contributed by atoms with Crippen molar-refractivity contribution in [2.75, 3.05) is 24.8 Å². The predicted molar refractivity (Wildman–Crippen MR) is 62.8 cm³/mol. The van der Waals surface area contributed by atoms with Crippen molar-refractivity contribution >= 4 is 21.6 Å². The Kier molecular flexibility index (Phi) is 7.52. The fourth-order valence-corrected chi connectivity index (χ4v) is 2.78. The SMILES string of the molecule is CCOC(C)CNS(=O)(=O)CC(C)CCl. The van der Waals surface area contributed by atoms with Gasteiger partial charge in [0.15, 0.2) is 0 Å². The Balaban J connectivity index is 3.94. The highest BCUT2D eigenvalue weighted by Crippen LogP contribution is 2.02. The van der Waals surface area contributed by atoms with Crippen molar-refractivity contribution < 1.29 is 13.2 Å². The van der Waals surface area contributed by atoms with Crippen molar-refractivity contribution in [3.8, 4) is 0 Å². The molecule has 0 heterocycles. The van der Waals surface area contributed by atoms with Crippen LogP contribution in [0.3, 0.4) is 0 Å². The molecule has 92 valence electrons. The predicted octanol–water partition coefficient (Wildman–Crippen LogP) is 1.21. The lowest BCUT2D eigenvalue weighted by Gasteiger charge is -2.14. The molecule has 0 radical (unpaired) electrons. The Morgan fingerprint density at radius 1 is 1.40 bits per heavy atom. The second kappa shape index (κ2) is 7.44. The first-order valence-corrected chi connectivity index (χ1v) is 7.24. The van der Waals surface area contributed by atoms with Gasteiger partial charge in [0.25, 0.3) is 0 Å². The summed E-state index contributed by atoms with van der Waals surface area (Å²) >= 11 is 5.55. The van der Waals surface area contributed by atoms with Crippen LogP contribution < -0.4 is 4.72 Å². The number of ether oxygens (including phenoxy) is 1. The van der Waals surface area contributed by atoms with E-state index in [1.807, 2.05) is 13.8 Å². The highest BCUT2D eigenvalue weighted by molar-refractivity contribution is 7.89. The number of hydrogen-bond donors (Lipinski definition) is 1. The summed E-state index contributed by atoms with van der Waals surface area (Å²) in [5, 5.41) is 0. The zero-order chi connectivity index (χ0) is 11.9. The number of rotatable bonds is 8. The first kappa shape index (κ1) is 15.2. The largest absolute Gasteiger partial charge is 0.377 e. The minimum absolute atomic E-state index is 0.0356. The third-order valence-corrected chi connectivity index (χ3v) is 3.95. The molecule has 6 heteroatoms. The molecule has 2 unspecified atom stereocenters. The molecule has 0 saturated heterocycles. The van der Waals surface area contributed by atoms with Crippen LogP contribution in [-0.2, 0) is 14.8 Å². The van der Waals surface area contributed by atoms with E-state index in [9.17, 15) is 8.42 Å². The van der Waals surface area contributed by atoms with Gasteiger partial charge in [0.05, 0.1) is 11.9 Å². The van der Waals surface area contributed by atoms with Gasteiger partial charge in [-0.15, -0.1) is 11.6 Å². The Hall–Kier alpha value is 0.160. The van der Waals surface area contributed by atoms with Gasteiger partial charge in [-0.2, -0.15) is 0 Å². The van der Waals surface area contributed by atoms with Crippen LogP contribution in [0.5, 0.6) is 0 Å². The maximum atomic E-state index is 11.5. The molecular weight excluding hydrogens is 238 g/mol. The van der Waals surface area contributed by atoms with E-state index in [1.165, 1.54) is 0 Å². The Morgan fingerprint density at radius 3 is 2.47 bits per heavy atom. The van der Waals surface area contributed by atoms with Crippen molar-refractivity contribution in [2.24, 2.45) is 5.92 Å². The molecule has 0 fully saturated rings. The van der Waals surface area contributed by atoms with Crippen LogP contribution in [0.25, 0.3) is 0 Å². The monoisotopic (exact) mass is 257 g/mol. The molecule has 0 aromatic rings. The molecule has 1 N–H and O–H groups in total. The lowest BCUT2D eigenvalue weighted by molar-refractivity contribution is 0.0799. The summed E-state index contributed by atoms with van der Waals surface area (Å²) in [6.45, 7) is 6.40. The second-order valence-electron chi connectivity index (χ2n) is 3.66. The molecule has 0 saturated carbocycles. The van der Waals surface area contributed by atoms with Crippen LogP contribution in [0.2, 0.25) is 0 Å². The molecule has 0 bridgehead atoms. The van der Waals surface area contributed by atoms with Gasteiger partial charge in [-0.3, -0.25) is 0 Å². The van der Waals surface area contributed by atoms with Gasteiger partial charge in [-0.1, -0.05) is 6.92 Å². The van der Waals surface area contributed by atoms with Crippen LogP contribution in [0.4, 0.5) is 0 Å². The number of halogens is 1. The Bertz CT molecular complexity index is 256. The summed E-state index contributed by atoms with van der Waals surface area (Å²) < 4.78 is 30.7. The zero-order valence-electron chi connectivity index (χ0n) is 9.49. The summed E-state index contributed by atoms with van der Waals surface area (Å²) in [5.41, 5.74) is 0. The van der Waals surface area contributed by atoms with E-state index in [2.05, 4.69) is 4.72 Å². The molecule has 0 aliphatic rings. The van der Waals surface area contributed by atoms with E-state index in [0.717, 1.165) is 0 Å². The quantitative estimate of drug-likeness (QED) is 0.665. The van der Waals surface area contributed by atoms with Crippen LogP contribution in [-0.4, -0.2) is 39.3 Å². The van der Waals surface area contributed by atoms with Gasteiger partial charge >= 0.3 is 0 Å². The normalized spacial score (nSPS) is 16.3. The molecule has 4 nitrogen and oxygen atoms in total. The van der Waals surface area contributed by atoms with Crippen molar-refractivity contribution in [2.45, 2.75) is 26.9 Å². The zero-order valence-corrected chi connectivity index (χ0v) is 11.1. The summed E-state index contributed by atoms with van der Waals surface area (Å²) in [4.78, 5) is 0. The van der Waals surface area contributed by atoms with Crippen LogP contribution in [0, 0.1) is 5.92 Å². The van der Waals surface area contributed by atoms with E-state index >= 15 is 0 Å². The van der Waals surface area contributed by atoms with E-state index in [1.54, 1.807) is 6.92 Å². The first-order chi connectivity index (χ1) is 6.91. The fraction of sp³-hybridized carbons (Fsp3) is 1.00. The molecule has 0 amide bonds. The molecule has 15 heavy (non-hydrogen) atoms. The lowest BCUT2D eigenvalue weighted by atomic mass is 10.3. The summed E-state index contributed by atoms with van der Waals surface area (Å²) in [6.07, 6.45) is -0.101. The molecular formula is C9H20ClNO3S. The average Bonchev–Trinajstić information content (AvgIpc) is 2.15. The topological polar surface area (TPSA) is 55.4 Å².